The Morgan fingerprint density at radius 1 is 1.07 bits per heavy atom. The Kier molecular flexibility index (Phi) is 6.84. The highest BCUT2D eigenvalue weighted by atomic mass is 16.5. The minimum Gasteiger partial charge on any atom is -0.481 e. The largest absolute Gasteiger partial charge is 0.481 e. The molecule has 1 N–H and O–H groups in total. The van der Waals surface area contributed by atoms with E-state index in [9.17, 15) is 9.59 Å². The van der Waals surface area contributed by atoms with Crippen LogP contribution in [-0.2, 0) is 14.9 Å². The molecule has 0 spiro atoms. The zero-order chi connectivity index (χ0) is 20.9. The minimum atomic E-state index is -0.662. The van der Waals surface area contributed by atoms with Crippen molar-refractivity contribution < 1.29 is 19.1 Å². The Bertz CT molecular complexity index is 835. The van der Waals surface area contributed by atoms with E-state index in [0.29, 0.717) is 23.6 Å². The molecule has 0 heterocycles. The van der Waals surface area contributed by atoms with Crippen LogP contribution in [0, 0.1) is 6.92 Å². The summed E-state index contributed by atoms with van der Waals surface area (Å²) in [5.41, 5.74) is 3.14. The molecule has 0 bridgehead atoms. The summed E-state index contributed by atoms with van der Waals surface area (Å²) in [6.45, 7) is 12.1. The quantitative estimate of drug-likeness (QED) is 0.723. The third kappa shape index (κ3) is 5.59. The molecule has 0 radical (unpaired) electrons. The fraction of sp³-hybridized carbons (Fsp3) is 0.391. The topological polar surface area (TPSA) is 64.6 Å². The maximum absolute atomic E-state index is 12.5. The first-order chi connectivity index (χ1) is 13.1. The van der Waals surface area contributed by atoms with Gasteiger partial charge in [0.05, 0.1) is 12.2 Å². The zero-order valence-electron chi connectivity index (χ0n) is 17.5. The number of carbonyl (C=O) groups is 2. The van der Waals surface area contributed by atoms with E-state index in [2.05, 4.69) is 26.1 Å². The SMILES string of the molecule is CCOC(=O)c1ccc(NC(=O)[C@@H](C)Oc2ccc(C(C)(C)C)cc2)c(C)c1. The highest BCUT2D eigenvalue weighted by molar-refractivity contribution is 5.96. The summed E-state index contributed by atoms with van der Waals surface area (Å²) < 4.78 is 10.8. The van der Waals surface area contributed by atoms with Gasteiger partial charge in [-0.15, -0.1) is 0 Å². The summed E-state index contributed by atoms with van der Waals surface area (Å²) in [4.78, 5) is 24.3. The average Bonchev–Trinajstić information content (AvgIpc) is 2.63. The lowest BCUT2D eigenvalue weighted by Crippen LogP contribution is -2.30. The molecule has 1 amide bonds. The van der Waals surface area contributed by atoms with E-state index in [1.54, 1.807) is 32.0 Å². The van der Waals surface area contributed by atoms with Crippen LogP contribution in [0.4, 0.5) is 5.69 Å². The molecule has 1 atom stereocenters. The van der Waals surface area contributed by atoms with Gasteiger partial charge in [0.1, 0.15) is 5.75 Å². The Hall–Kier alpha value is -2.82. The second-order valence-electron chi connectivity index (χ2n) is 7.77. The van der Waals surface area contributed by atoms with Gasteiger partial charge in [0.15, 0.2) is 6.10 Å². The number of amides is 1. The van der Waals surface area contributed by atoms with Crippen LogP contribution in [0.5, 0.6) is 5.75 Å². The van der Waals surface area contributed by atoms with Gasteiger partial charge in [-0.05, 0) is 67.6 Å². The van der Waals surface area contributed by atoms with E-state index in [-0.39, 0.29) is 17.3 Å². The van der Waals surface area contributed by atoms with Crippen molar-refractivity contribution >= 4 is 17.6 Å². The van der Waals surface area contributed by atoms with Gasteiger partial charge in [-0.25, -0.2) is 4.79 Å². The highest BCUT2D eigenvalue weighted by Crippen LogP contribution is 2.25. The summed E-state index contributed by atoms with van der Waals surface area (Å²) in [5.74, 6) is 0.01000. The smallest absolute Gasteiger partial charge is 0.338 e. The van der Waals surface area contributed by atoms with Crippen LogP contribution < -0.4 is 10.1 Å². The van der Waals surface area contributed by atoms with Crippen molar-refractivity contribution in [3.8, 4) is 5.75 Å². The van der Waals surface area contributed by atoms with E-state index in [0.717, 1.165) is 5.56 Å². The lowest BCUT2D eigenvalue weighted by atomic mass is 9.87. The fourth-order valence-electron chi connectivity index (χ4n) is 2.67. The number of anilines is 1. The Morgan fingerprint density at radius 2 is 1.71 bits per heavy atom. The van der Waals surface area contributed by atoms with Gasteiger partial charge in [0.2, 0.25) is 0 Å². The normalized spacial score (nSPS) is 12.2. The van der Waals surface area contributed by atoms with Crippen LogP contribution in [0.1, 0.15) is 56.1 Å². The summed E-state index contributed by atoms with van der Waals surface area (Å²) in [6.07, 6.45) is -0.662. The van der Waals surface area contributed by atoms with Gasteiger partial charge in [-0.3, -0.25) is 4.79 Å². The fourth-order valence-corrected chi connectivity index (χ4v) is 2.67. The number of hydrogen-bond donors (Lipinski definition) is 1. The van der Waals surface area contributed by atoms with Gasteiger partial charge < -0.3 is 14.8 Å². The first kappa shape index (κ1) is 21.5. The molecule has 5 nitrogen and oxygen atoms in total. The third-order valence-electron chi connectivity index (χ3n) is 4.40. The molecule has 0 aromatic heterocycles. The van der Waals surface area contributed by atoms with Crippen molar-refractivity contribution in [2.24, 2.45) is 0 Å². The van der Waals surface area contributed by atoms with Crippen LogP contribution in [0.25, 0.3) is 0 Å². The summed E-state index contributed by atoms with van der Waals surface area (Å²) in [6, 6.07) is 12.8. The van der Waals surface area contributed by atoms with Crippen molar-refractivity contribution in [2.45, 2.75) is 53.1 Å². The predicted octanol–water partition coefficient (Wildman–Crippen LogP) is 4.88. The molecule has 2 aromatic carbocycles. The van der Waals surface area contributed by atoms with Crippen molar-refractivity contribution in [1.29, 1.82) is 0 Å². The van der Waals surface area contributed by atoms with Crippen LogP contribution in [0.3, 0.4) is 0 Å². The lowest BCUT2D eigenvalue weighted by Gasteiger charge is -2.20. The lowest BCUT2D eigenvalue weighted by molar-refractivity contribution is -0.122. The van der Waals surface area contributed by atoms with E-state index in [1.807, 2.05) is 31.2 Å². The van der Waals surface area contributed by atoms with Crippen LogP contribution in [0.2, 0.25) is 0 Å². The molecule has 0 aliphatic heterocycles. The second-order valence-corrected chi connectivity index (χ2v) is 7.77. The third-order valence-corrected chi connectivity index (χ3v) is 4.40. The Morgan fingerprint density at radius 3 is 2.25 bits per heavy atom. The monoisotopic (exact) mass is 383 g/mol. The van der Waals surface area contributed by atoms with E-state index < -0.39 is 6.10 Å². The maximum Gasteiger partial charge on any atom is 0.338 e. The van der Waals surface area contributed by atoms with Gasteiger partial charge in [0.25, 0.3) is 5.91 Å². The molecule has 5 heteroatoms. The van der Waals surface area contributed by atoms with Crippen LogP contribution in [0.15, 0.2) is 42.5 Å². The highest BCUT2D eigenvalue weighted by Gasteiger charge is 2.18. The van der Waals surface area contributed by atoms with Crippen LogP contribution >= 0.6 is 0 Å². The second kappa shape index (κ2) is 8.91. The molecule has 0 saturated heterocycles. The van der Waals surface area contributed by atoms with Gasteiger partial charge in [0, 0.05) is 5.69 Å². The number of ether oxygens (including phenoxy) is 2. The molecule has 0 aliphatic carbocycles. The molecule has 0 aliphatic rings. The van der Waals surface area contributed by atoms with Crippen molar-refractivity contribution in [2.75, 3.05) is 11.9 Å². The Balaban J connectivity index is 2.01. The van der Waals surface area contributed by atoms with Crippen molar-refractivity contribution in [3.63, 3.8) is 0 Å². The molecular weight excluding hydrogens is 354 g/mol. The minimum absolute atomic E-state index is 0.0642. The number of rotatable bonds is 6. The zero-order valence-corrected chi connectivity index (χ0v) is 17.5. The number of aryl methyl sites for hydroxylation is 1. The first-order valence-electron chi connectivity index (χ1n) is 9.47. The number of carbonyl (C=O) groups excluding carboxylic acids is 2. The molecule has 0 fully saturated rings. The van der Waals surface area contributed by atoms with E-state index in [1.165, 1.54) is 5.56 Å². The number of nitrogens with one attached hydrogen (secondary N) is 1. The summed E-state index contributed by atoms with van der Waals surface area (Å²) in [7, 11) is 0. The van der Waals surface area contributed by atoms with Gasteiger partial charge in [-0.1, -0.05) is 32.9 Å². The molecular formula is C23H29NO4. The standard InChI is InChI=1S/C23H29NO4/c1-7-27-22(26)17-8-13-20(15(2)14-17)24-21(25)16(3)28-19-11-9-18(10-12-19)23(4,5)6/h8-14,16H,7H2,1-6H3,(H,24,25)/t16-/m1/s1. The molecule has 28 heavy (non-hydrogen) atoms. The molecule has 0 saturated carbocycles. The maximum atomic E-state index is 12.5. The van der Waals surface area contributed by atoms with E-state index >= 15 is 0 Å². The summed E-state index contributed by atoms with van der Waals surface area (Å²) in [5, 5.41) is 2.85. The van der Waals surface area contributed by atoms with E-state index in [4.69, 9.17) is 9.47 Å². The molecule has 2 rings (SSSR count). The number of esters is 1. The molecule has 2 aromatic rings. The molecule has 0 unspecified atom stereocenters. The van der Waals surface area contributed by atoms with Crippen molar-refractivity contribution in [1.82, 2.24) is 0 Å². The van der Waals surface area contributed by atoms with Gasteiger partial charge in [-0.2, -0.15) is 0 Å². The molecule has 150 valence electrons. The predicted molar refractivity (Wildman–Crippen MR) is 111 cm³/mol. The van der Waals surface area contributed by atoms with Crippen LogP contribution in [-0.4, -0.2) is 24.6 Å². The average molecular weight is 383 g/mol. The number of hydrogen-bond acceptors (Lipinski definition) is 4. The first-order valence-corrected chi connectivity index (χ1v) is 9.47. The van der Waals surface area contributed by atoms with Gasteiger partial charge >= 0.3 is 5.97 Å². The van der Waals surface area contributed by atoms with Crippen molar-refractivity contribution in [3.05, 3.63) is 59.2 Å². The summed E-state index contributed by atoms with van der Waals surface area (Å²) >= 11 is 0. The number of benzene rings is 2. The Labute approximate surface area is 167 Å².